The number of aromatic nitrogens is 1. The van der Waals surface area contributed by atoms with E-state index in [1.165, 1.54) is 4.70 Å². The van der Waals surface area contributed by atoms with E-state index in [9.17, 15) is 8.42 Å². The summed E-state index contributed by atoms with van der Waals surface area (Å²) in [5.74, 6) is 0.445. The van der Waals surface area contributed by atoms with Crippen molar-refractivity contribution >= 4 is 31.6 Å². The van der Waals surface area contributed by atoms with Crippen LogP contribution in [0.25, 0.3) is 10.2 Å². The number of hydrogen-bond donors (Lipinski definition) is 0. The topological polar surface area (TPSA) is 50.3 Å². The molecule has 1 saturated heterocycles. The van der Waals surface area contributed by atoms with Crippen molar-refractivity contribution in [3.05, 3.63) is 65.2 Å². The molecule has 1 aliphatic rings. The summed E-state index contributed by atoms with van der Waals surface area (Å²) in [6.45, 7) is 1.16. The van der Waals surface area contributed by atoms with Gasteiger partial charge in [0.1, 0.15) is 0 Å². The fourth-order valence-corrected chi connectivity index (χ4v) is 6.02. The van der Waals surface area contributed by atoms with Gasteiger partial charge in [-0.15, -0.1) is 11.3 Å². The van der Waals surface area contributed by atoms with E-state index in [1.807, 2.05) is 48.5 Å². The van der Waals surface area contributed by atoms with Crippen molar-refractivity contribution in [2.45, 2.75) is 24.5 Å². The first-order chi connectivity index (χ1) is 12.1. The molecule has 2 heterocycles. The van der Waals surface area contributed by atoms with Crippen molar-refractivity contribution in [3.8, 4) is 0 Å². The Hall–Kier alpha value is -1.76. The third kappa shape index (κ3) is 3.61. The van der Waals surface area contributed by atoms with E-state index in [4.69, 9.17) is 4.98 Å². The zero-order chi connectivity index (χ0) is 17.3. The van der Waals surface area contributed by atoms with Crippen LogP contribution in [0.15, 0.2) is 54.6 Å². The van der Waals surface area contributed by atoms with Crippen molar-refractivity contribution in [3.63, 3.8) is 0 Å². The molecule has 1 fully saturated rings. The van der Waals surface area contributed by atoms with Gasteiger partial charge in [-0.2, -0.15) is 0 Å². The number of benzene rings is 2. The predicted octanol–water partition coefficient (Wildman–Crippen LogP) is 4.01. The maximum atomic E-state index is 12.7. The number of rotatable bonds is 4. The van der Waals surface area contributed by atoms with Crippen LogP contribution in [0.1, 0.15) is 29.3 Å². The van der Waals surface area contributed by atoms with E-state index in [0.717, 1.165) is 28.9 Å². The molecule has 25 heavy (non-hydrogen) atoms. The van der Waals surface area contributed by atoms with E-state index in [1.54, 1.807) is 15.6 Å². The summed E-state index contributed by atoms with van der Waals surface area (Å²) < 4.78 is 28.2. The molecule has 0 spiro atoms. The molecule has 4 nitrogen and oxygen atoms in total. The molecule has 0 amide bonds. The van der Waals surface area contributed by atoms with Crippen LogP contribution in [0.4, 0.5) is 0 Å². The molecule has 3 aromatic rings. The first-order valence-electron chi connectivity index (χ1n) is 8.49. The summed E-state index contributed by atoms with van der Waals surface area (Å²) in [6.07, 6.45) is 1.68. The highest BCUT2D eigenvalue weighted by atomic mass is 32.2. The Morgan fingerprint density at radius 1 is 1.00 bits per heavy atom. The number of sulfonamides is 1. The number of nitrogens with zero attached hydrogens (tertiary/aromatic N) is 2. The third-order valence-corrected chi connectivity index (χ3v) is 7.75. The van der Waals surface area contributed by atoms with Gasteiger partial charge in [-0.3, -0.25) is 0 Å². The van der Waals surface area contributed by atoms with Crippen LogP contribution < -0.4 is 0 Å². The summed E-state index contributed by atoms with van der Waals surface area (Å²) in [6, 6.07) is 17.6. The maximum absolute atomic E-state index is 12.7. The first kappa shape index (κ1) is 16.7. The average molecular weight is 373 g/mol. The van der Waals surface area contributed by atoms with Gasteiger partial charge >= 0.3 is 0 Å². The van der Waals surface area contributed by atoms with Crippen molar-refractivity contribution in [2.75, 3.05) is 13.1 Å². The largest absolute Gasteiger partial charge is 0.241 e. The lowest BCUT2D eigenvalue weighted by molar-refractivity contribution is 0.319. The molecule has 0 atom stereocenters. The summed E-state index contributed by atoms with van der Waals surface area (Å²) in [7, 11) is -3.25. The molecule has 2 aromatic carbocycles. The fraction of sp³-hybridized carbons (Fsp3) is 0.316. The number of para-hydroxylation sites is 1. The highest BCUT2D eigenvalue weighted by Gasteiger charge is 2.30. The summed E-state index contributed by atoms with van der Waals surface area (Å²) >= 11 is 1.74. The average Bonchev–Trinajstić information content (AvgIpc) is 3.06. The lowest BCUT2D eigenvalue weighted by Gasteiger charge is -2.30. The molecule has 0 N–H and O–H groups in total. The van der Waals surface area contributed by atoms with Crippen LogP contribution in [-0.4, -0.2) is 30.8 Å². The standard InChI is InChI=1S/C19H20N2O2S2/c22-25(23,14-15-6-2-1-3-7-15)21-12-10-16(11-13-21)19-20-17-8-4-5-9-18(17)24-19/h1-9,16H,10-14H2. The van der Waals surface area contributed by atoms with E-state index < -0.39 is 10.0 Å². The monoisotopic (exact) mass is 372 g/mol. The lowest BCUT2D eigenvalue weighted by Crippen LogP contribution is -2.38. The third-order valence-electron chi connectivity index (χ3n) is 4.70. The summed E-state index contributed by atoms with van der Waals surface area (Å²) in [4.78, 5) is 4.74. The van der Waals surface area contributed by atoms with Crippen LogP contribution in [-0.2, 0) is 15.8 Å². The Morgan fingerprint density at radius 2 is 1.68 bits per heavy atom. The van der Waals surface area contributed by atoms with Crippen LogP contribution >= 0.6 is 11.3 Å². The van der Waals surface area contributed by atoms with Crippen molar-refractivity contribution in [2.24, 2.45) is 0 Å². The second-order valence-corrected chi connectivity index (χ2v) is 9.47. The van der Waals surface area contributed by atoms with Gasteiger partial charge in [0.05, 0.1) is 21.0 Å². The van der Waals surface area contributed by atoms with Crippen LogP contribution in [0.2, 0.25) is 0 Å². The molecule has 1 aliphatic heterocycles. The Labute approximate surface area is 152 Å². The number of fused-ring (bicyclic) bond motifs is 1. The number of piperidine rings is 1. The van der Waals surface area contributed by atoms with Gasteiger partial charge in [-0.1, -0.05) is 42.5 Å². The molecular formula is C19H20N2O2S2. The van der Waals surface area contributed by atoms with Gasteiger partial charge in [0.25, 0.3) is 0 Å². The smallest absolute Gasteiger partial charge is 0.218 e. The molecule has 0 bridgehead atoms. The molecule has 0 aliphatic carbocycles. The van der Waals surface area contributed by atoms with Gasteiger partial charge in [0, 0.05) is 19.0 Å². The molecule has 4 rings (SSSR count). The molecule has 1 aromatic heterocycles. The van der Waals surface area contributed by atoms with E-state index in [0.29, 0.717) is 19.0 Å². The first-order valence-corrected chi connectivity index (χ1v) is 10.9. The van der Waals surface area contributed by atoms with Gasteiger partial charge in [0.15, 0.2) is 0 Å². The van der Waals surface area contributed by atoms with Gasteiger partial charge < -0.3 is 0 Å². The zero-order valence-corrected chi connectivity index (χ0v) is 15.5. The molecule has 130 valence electrons. The van der Waals surface area contributed by atoms with Crippen molar-refractivity contribution in [1.29, 1.82) is 0 Å². The van der Waals surface area contributed by atoms with Crippen LogP contribution in [0, 0.1) is 0 Å². The maximum Gasteiger partial charge on any atom is 0.218 e. The van der Waals surface area contributed by atoms with Crippen molar-refractivity contribution < 1.29 is 8.42 Å². The number of hydrogen-bond acceptors (Lipinski definition) is 4. The normalized spacial score (nSPS) is 17.1. The summed E-state index contributed by atoms with van der Waals surface area (Å²) in [5.41, 5.74) is 1.89. The second-order valence-electron chi connectivity index (χ2n) is 6.43. The van der Waals surface area contributed by atoms with Gasteiger partial charge in [-0.25, -0.2) is 17.7 Å². The quantitative estimate of drug-likeness (QED) is 0.695. The van der Waals surface area contributed by atoms with E-state index >= 15 is 0 Å². The van der Waals surface area contributed by atoms with Gasteiger partial charge in [-0.05, 0) is 30.5 Å². The minimum atomic E-state index is -3.25. The molecule has 0 saturated carbocycles. The van der Waals surface area contributed by atoms with Crippen LogP contribution in [0.5, 0.6) is 0 Å². The molecule has 0 radical (unpaired) electrons. The Bertz CT molecular complexity index is 926. The number of thiazole rings is 1. The SMILES string of the molecule is O=S(=O)(Cc1ccccc1)N1CCC(c2nc3ccccc3s2)CC1. The highest BCUT2D eigenvalue weighted by molar-refractivity contribution is 7.88. The highest BCUT2D eigenvalue weighted by Crippen LogP contribution is 2.34. The predicted molar refractivity (Wildman–Crippen MR) is 102 cm³/mol. The Kier molecular flexibility index (Phi) is 4.58. The molecule has 0 unspecified atom stereocenters. The Balaban J connectivity index is 1.44. The van der Waals surface area contributed by atoms with Gasteiger partial charge in [0.2, 0.25) is 10.0 Å². The minimum absolute atomic E-state index is 0.0830. The zero-order valence-electron chi connectivity index (χ0n) is 13.8. The second kappa shape index (κ2) is 6.86. The molecular weight excluding hydrogens is 352 g/mol. The summed E-state index contributed by atoms with van der Waals surface area (Å²) in [5, 5.41) is 1.14. The fourth-order valence-electron chi connectivity index (χ4n) is 3.32. The van der Waals surface area contributed by atoms with E-state index in [2.05, 4.69) is 6.07 Å². The molecule has 6 heteroatoms. The van der Waals surface area contributed by atoms with Crippen molar-refractivity contribution in [1.82, 2.24) is 9.29 Å². The van der Waals surface area contributed by atoms with Crippen LogP contribution in [0.3, 0.4) is 0 Å². The Morgan fingerprint density at radius 3 is 2.40 bits per heavy atom. The van der Waals surface area contributed by atoms with E-state index in [-0.39, 0.29) is 5.75 Å². The minimum Gasteiger partial charge on any atom is -0.241 e. The lowest BCUT2D eigenvalue weighted by atomic mass is 9.99.